The van der Waals surface area contributed by atoms with Crippen LogP contribution < -0.4 is 5.32 Å². The summed E-state index contributed by atoms with van der Waals surface area (Å²) < 4.78 is 50.6. The first kappa shape index (κ1) is 32.7. The fourth-order valence-electron chi connectivity index (χ4n) is 5.90. The molecule has 2 fully saturated rings. The summed E-state index contributed by atoms with van der Waals surface area (Å²) in [7, 11) is 1.69. The molecule has 0 unspecified atom stereocenters. The average molecular weight is 588 g/mol. The van der Waals surface area contributed by atoms with E-state index in [0.717, 1.165) is 37.9 Å². The number of hydrogen-bond acceptors (Lipinski definition) is 7. The van der Waals surface area contributed by atoms with E-state index in [1.54, 1.807) is 12.0 Å². The molecule has 1 saturated carbocycles. The van der Waals surface area contributed by atoms with Crippen molar-refractivity contribution < 1.29 is 47.2 Å². The molecular formula is C28H40F3N3O7. The summed E-state index contributed by atoms with van der Waals surface area (Å²) in [6.07, 6.45) is -0.412. The van der Waals surface area contributed by atoms with E-state index in [9.17, 15) is 27.6 Å². The zero-order chi connectivity index (χ0) is 30.4. The lowest BCUT2D eigenvalue weighted by atomic mass is 9.74. The molecule has 1 saturated heterocycles. The van der Waals surface area contributed by atoms with E-state index in [2.05, 4.69) is 24.1 Å². The first-order valence-corrected chi connectivity index (χ1v) is 13.9. The van der Waals surface area contributed by atoms with E-state index in [4.69, 9.17) is 19.7 Å². The second-order valence-electron chi connectivity index (χ2n) is 11.3. The number of halogens is 3. The van der Waals surface area contributed by atoms with Crippen molar-refractivity contribution in [1.82, 2.24) is 15.2 Å². The van der Waals surface area contributed by atoms with Gasteiger partial charge in [-0.1, -0.05) is 13.8 Å². The molecule has 0 bridgehead atoms. The predicted octanol–water partition coefficient (Wildman–Crippen LogP) is 3.51. The van der Waals surface area contributed by atoms with E-state index in [0.29, 0.717) is 37.4 Å². The third kappa shape index (κ3) is 8.39. The van der Waals surface area contributed by atoms with Crippen molar-refractivity contribution in [3.05, 3.63) is 29.1 Å². The molecule has 0 aromatic carbocycles. The number of rotatable bonds is 8. The Balaban J connectivity index is 0.000000507. The van der Waals surface area contributed by atoms with Gasteiger partial charge < -0.3 is 29.9 Å². The van der Waals surface area contributed by atoms with Gasteiger partial charge in [0, 0.05) is 57.2 Å². The lowest BCUT2D eigenvalue weighted by Gasteiger charge is -2.40. The van der Waals surface area contributed by atoms with Crippen molar-refractivity contribution in [3.63, 3.8) is 0 Å². The third-order valence-corrected chi connectivity index (χ3v) is 8.34. The van der Waals surface area contributed by atoms with Gasteiger partial charge >= 0.3 is 18.1 Å². The molecule has 2 aliphatic heterocycles. The van der Waals surface area contributed by atoms with Crippen LogP contribution in [0.1, 0.15) is 69.2 Å². The molecule has 4 rings (SSSR count). The molecule has 0 spiro atoms. The highest BCUT2D eigenvalue weighted by Crippen LogP contribution is 2.47. The minimum atomic E-state index is -4.44. The van der Waals surface area contributed by atoms with Gasteiger partial charge in [-0.3, -0.25) is 19.4 Å². The second-order valence-corrected chi connectivity index (χ2v) is 11.3. The molecule has 1 aliphatic carbocycles. The maximum absolute atomic E-state index is 13.8. The van der Waals surface area contributed by atoms with Gasteiger partial charge in [0.15, 0.2) is 0 Å². The molecule has 13 heteroatoms. The zero-order valence-electron chi connectivity index (χ0n) is 23.7. The Morgan fingerprint density at radius 3 is 2.49 bits per heavy atom. The Bertz CT molecular complexity index is 1070. The normalized spacial score (nSPS) is 26.2. The van der Waals surface area contributed by atoms with Crippen LogP contribution in [0.15, 0.2) is 12.3 Å². The molecule has 10 nitrogen and oxygen atoms in total. The quantitative estimate of drug-likeness (QED) is 0.417. The number of carboxylic acid groups (broad SMARTS) is 2. The zero-order valence-corrected chi connectivity index (χ0v) is 23.7. The van der Waals surface area contributed by atoms with Crippen LogP contribution in [0, 0.1) is 11.3 Å². The van der Waals surface area contributed by atoms with Crippen LogP contribution in [0.3, 0.4) is 0 Å². The van der Waals surface area contributed by atoms with Gasteiger partial charge in [0.1, 0.15) is 0 Å². The lowest BCUT2D eigenvalue weighted by Crippen LogP contribution is -2.52. The first-order valence-electron chi connectivity index (χ1n) is 13.9. The maximum atomic E-state index is 13.8. The fraction of sp³-hybridized carbons (Fsp3) is 0.714. The summed E-state index contributed by atoms with van der Waals surface area (Å²) in [6, 6.07) is 1.55. The van der Waals surface area contributed by atoms with Crippen LogP contribution in [0.25, 0.3) is 0 Å². The Hall–Kier alpha value is -2.77. The fourth-order valence-corrected chi connectivity index (χ4v) is 5.90. The van der Waals surface area contributed by atoms with Crippen molar-refractivity contribution >= 4 is 17.8 Å². The van der Waals surface area contributed by atoms with E-state index in [-0.39, 0.29) is 49.4 Å². The number of nitrogens with zero attached hydrogens (tertiary/aromatic N) is 2. The van der Waals surface area contributed by atoms with Crippen molar-refractivity contribution in [2.24, 2.45) is 11.3 Å². The van der Waals surface area contributed by atoms with Crippen molar-refractivity contribution in [2.75, 3.05) is 26.9 Å². The highest BCUT2D eigenvalue weighted by molar-refractivity contribution is 5.84. The van der Waals surface area contributed by atoms with E-state index < -0.39 is 29.1 Å². The Morgan fingerprint density at radius 1 is 1.22 bits per heavy atom. The number of pyridine rings is 1. The molecule has 3 heterocycles. The Morgan fingerprint density at radius 2 is 1.90 bits per heavy atom. The Labute approximate surface area is 237 Å². The molecule has 41 heavy (non-hydrogen) atoms. The number of carbonyl (C=O) groups is 3. The van der Waals surface area contributed by atoms with Gasteiger partial charge in [-0.2, -0.15) is 13.2 Å². The number of aliphatic carboxylic acids is 2. The number of hydrogen-bond donors (Lipinski definition) is 3. The summed E-state index contributed by atoms with van der Waals surface area (Å²) >= 11 is 0. The number of carboxylic acids is 2. The number of fused-ring (bicyclic) bond motifs is 1. The molecule has 1 amide bonds. The van der Waals surface area contributed by atoms with E-state index in [1.165, 1.54) is 0 Å². The highest BCUT2D eigenvalue weighted by atomic mass is 19.4. The highest BCUT2D eigenvalue weighted by Gasteiger charge is 2.50. The lowest BCUT2D eigenvalue weighted by molar-refractivity contribution is -0.146. The summed E-state index contributed by atoms with van der Waals surface area (Å²) in [4.78, 5) is 38.9. The standard InChI is InChI=1S/C24H34F3N3O3.C4H6O4/c1-15(2)23(7-4-18(11-23)29-20-6-9-33-14-21(20)32-3)22(31)30-8-5-19-16(13-30)10-17(12-28-19)24(25,26)27;5-3(6)1-2-4(7)8/h10,12,15,18,20-21,29H,4-9,11,13-14H2,1-3H3;1-2H2,(H,5,6)(H,7,8)/t18-,20-,21+,23+;/m1./s1. The van der Waals surface area contributed by atoms with Gasteiger partial charge in [0.2, 0.25) is 5.91 Å². The predicted molar refractivity (Wildman–Crippen MR) is 141 cm³/mol. The van der Waals surface area contributed by atoms with E-state index >= 15 is 0 Å². The number of ether oxygens (including phenoxy) is 2. The molecule has 3 N–H and O–H groups in total. The summed E-state index contributed by atoms with van der Waals surface area (Å²) in [5, 5.41) is 19.5. The number of alkyl halides is 3. The largest absolute Gasteiger partial charge is 0.481 e. The van der Waals surface area contributed by atoms with Gasteiger partial charge in [-0.25, -0.2) is 0 Å². The van der Waals surface area contributed by atoms with Crippen LogP contribution >= 0.6 is 0 Å². The van der Waals surface area contributed by atoms with Crippen LogP contribution in [-0.4, -0.2) is 83.0 Å². The first-order chi connectivity index (χ1) is 19.3. The smallest absolute Gasteiger partial charge is 0.417 e. The Kier molecular flexibility index (Phi) is 11.1. The van der Waals surface area contributed by atoms with Crippen LogP contribution in [0.2, 0.25) is 0 Å². The molecule has 1 aromatic rings. The van der Waals surface area contributed by atoms with Crippen molar-refractivity contribution in [3.8, 4) is 0 Å². The molecule has 1 aromatic heterocycles. The van der Waals surface area contributed by atoms with E-state index in [1.807, 2.05) is 0 Å². The molecular weight excluding hydrogens is 547 g/mol. The minimum Gasteiger partial charge on any atom is -0.481 e. The third-order valence-electron chi connectivity index (χ3n) is 8.34. The summed E-state index contributed by atoms with van der Waals surface area (Å²) in [5.74, 6) is -1.97. The number of aromatic nitrogens is 1. The summed E-state index contributed by atoms with van der Waals surface area (Å²) in [6.45, 7) is 6.09. The number of methoxy groups -OCH3 is 1. The SMILES string of the molecule is CO[C@H]1COCC[C@H]1N[C@@H]1CC[C@@](C(=O)N2CCc3ncc(C(F)(F)F)cc3C2)(C(C)C)C1.O=C(O)CCC(=O)O. The molecule has 3 aliphatic rings. The number of carbonyl (C=O) groups excluding carboxylic acids is 1. The van der Waals surface area contributed by atoms with Crippen LogP contribution in [0.4, 0.5) is 13.2 Å². The van der Waals surface area contributed by atoms with Crippen molar-refractivity contribution in [1.29, 1.82) is 0 Å². The van der Waals surface area contributed by atoms with Gasteiger partial charge in [0.05, 0.1) is 36.5 Å². The van der Waals surface area contributed by atoms with Crippen LogP contribution in [-0.2, 0) is 43.0 Å². The monoisotopic (exact) mass is 587 g/mol. The second kappa shape index (κ2) is 13.9. The number of nitrogens with one attached hydrogen (secondary N) is 1. The number of amides is 1. The van der Waals surface area contributed by atoms with Crippen molar-refractivity contribution in [2.45, 2.75) is 89.7 Å². The molecule has 4 atom stereocenters. The molecule has 230 valence electrons. The summed E-state index contributed by atoms with van der Waals surface area (Å²) in [5.41, 5.74) is -0.121. The van der Waals surface area contributed by atoms with Crippen LogP contribution in [0.5, 0.6) is 0 Å². The van der Waals surface area contributed by atoms with Gasteiger partial charge in [-0.15, -0.1) is 0 Å². The maximum Gasteiger partial charge on any atom is 0.417 e. The van der Waals surface area contributed by atoms with Gasteiger partial charge in [0.25, 0.3) is 0 Å². The van der Waals surface area contributed by atoms with Gasteiger partial charge in [-0.05, 0) is 43.2 Å². The average Bonchev–Trinajstić information content (AvgIpc) is 3.36. The molecule has 0 radical (unpaired) electrons. The minimum absolute atomic E-state index is 0.00238. The topological polar surface area (TPSA) is 138 Å².